The van der Waals surface area contributed by atoms with Gasteiger partial charge in [-0.1, -0.05) is 0 Å². The first kappa shape index (κ1) is 13.8. The number of hydrogen-bond acceptors (Lipinski definition) is 4. The van der Waals surface area contributed by atoms with E-state index in [0.717, 1.165) is 36.2 Å². The highest BCUT2D eigenvalue weighted by Gasteiger charge is 2.21. The summed E-state index contributed by atoms with van der Waals surface area (Å²) < 4.78 is 5.23. The Morgan fingerprint density at radius 3 is 2.86 bits per heavy atom. The number of carboxylic acids is 1. The van der Waals surface area contributed by atoms with E-state index in [1.165, 1.54) is 0 Å². The molecule has 0 amide bonds. The molecule has 1 atom stereocenters. The fourth-order valence-electron chi connectivity index (χ4n) is 2.90. The summed E-state index contributed by atoms with van der Waals surface area (Å²) in [4.78, 5) is 16.3. The second kappa shape index (κ2) is 5.33. The summed E-state index contributed by atoms with van der Waals surface area (Å²) in [7, 11) is 1.57. The van der Waals surface area contributed by atoms with Crippen LogP contribution in [0.3, 0.4) is 0 Å². The number of aromatic nitrogens is 1. The number of fused-ring (bicyclic) bond motifs is 1. The molecule has 5 heteroatoms. The highest BCUT2D eigenvalue weighted by atomic mass is 16.5. The molecule has 0 spiro atoms. The normalized spacial score (nSPS) is 18.1. The van der Waals surface area contributed by atoms with Crippen LogP contribution in [-0.2, 0) is 0 Å². The summed E-state index contributed by atoms with van der Waals surface area (Å²) in [6.07, 6.45) is 2.08. The molecule has 21 heavy (non-hydrogen) atoms. The summed E-state index contributed by atoms with van der Waals surface area (Å²) in [6.45, 7) is 2.88. The molecular weight excluding hydrogens is 268 g/mol. The third-order valence-electron chi connectivity index (χ3n) is 3.98. The summed E-state index contributed by atoms with van der Waals surface area (Å²) in [5.74, 6) is -0.287. The van der Waals surface area contributed by atoms with Crippen molar-refractivity contribution in [1.29, 1.82) is 0 Å². The fourth-order valence-corrected chi connectivity index (χ4v) is 2.90. The largest absolute Gasteiger partial charge is 0.497 e. The molecule has 2 heterocycles. The first-order chi connectivity index (χ1) is 10.1. The number of hydrogen-bond donors (Lipinski definition) is 2. The van der Waals surface area contributed by atoms with Crippen LogP contribution in [0, 0.1) is 6.92 Å². The number of nitrogens with one attached hydrogen (secondary N) is 1. The van der Waals surface area contributed by atoms with Gasteiger partial charge in [0.25, 0.3) is 0 Å². The number of benzene rings is 1. The maximum absolute atomic E-state index is 11.6. The van der Waals surface area contributed by atoms with Gasteiger partial charge >= 0.3 is 5.97 Å². The summed E-state index contributed by atoms with van der Waals surface area (Å²) >= 11 is 0. The van der Waals surface area contributed by atoms with Crippen LogP contribution in [-0.4, -0.2) is 29.7 Å². The van der Waals surface area contributed by atoms with Gasteiger partial charge in [0.15, 0.2) is 0 Å². The number of aryl methyl sites for hydroxylation is 1. The van der Waals surface area contributed by atoms with Gasteiger partial charge in [0, 0.05) is 11.4 Å². The highest BCUT2D eigenvalue weighted by molar-refractivity contribution is 6.03. The van der Waals surface area contributed by atoms with Gasteiger partial charge in [-0.3, -0.25) is 4.98 Å². The molecule has 1 unspecified atom stereocenters. The zero-order valence-electron chi connectivity index (χ0n) is 12.1. The monoisotopic (exact) mass is 286 g/mol. The van der Waals surface area contributed by atoms with Crippen molar-refractivity contribution in [3.63, 3.8) is 0 Å². The molecule has 1 aromatic heterocycles. The minimum Gasteiger partial charge on any atom is -0.497 e. The van der Waals surface area contributed by atoms with E-state index in [4.69, 9.17) is 9.72 Å². The van der Waals surface area contributed by atoms with E-state index in [1.54, 1.807) is 19.2 Å². The number of nitrogens with zero attached hydrogens (tertiary/aromatic N) is 1. The number of methoxy groups -OCH3 is 1. The second-order valence-electron chi connectivity index (χ2n) is 5.39. The van der Waals surface area contributed by atoms with Gasteiger partial charge in [-0.05, 0) is 50.1 Å². The Morgan fingerprint density at radius 2 is 2.24 bits per heavy atom. The van der Waals surface area contributed by atoms with Gasteiger partial charge in [0.1, 0.15) is 5.75 Å². The van der Waals surface area contributed by atoms with Crippen molar-refractivity contribution in [2.75, 3.05) is 13.7 Å². The van der Waals surface area contributed by atoms with Gasteiger partial charge in [-0.15, -0.1) is 0 Å². The van der Waals surface area contributed by atoms with Crippen LogP contribution in [0.4, 0.5) is 0 Å². The number of carbonyl (C=O) groups is 1. The molecule has 2 aromatic rings. The van der Waals surface area contributed by atoms with Gasteiger partial charge in [0.2, 0.25) is 0 Å². The molecular formula is C16H18N2O3. The van der Waals surface area contributed by atoms with Gasteiger partial charge in [-0.25, -0.2) is 4.79 Å². The highest BCUT2D eigenvalue weighted by Crippen LogP contribution is 2.30. The SMILES string of the molecule is COc1cc(C)c2nc(C3CCCN3)cc(C(=O)O)c2c1. The number of ether oxygens (including phenoxy) is 1. The molecule has 3 rings (SSSR count). The van der Waals surface area contributed by atoms with Crippen LogP contribution < -0.4 is 10.1 Å². The Kier molecular flexibility index (Phi) is 3.51. The number of pyridine rings is 1. The first-order valence-electron chi connectivity index (χ1n) is 7.06. The van der Waals surface area contributed by atoms with E-state index in [2.05, 4.69) is 5.32 Å². The summed E-state index contributed by atoms with van der Waals surface area (Å²) in [5, 5.41) is 13.5. The van der Waals surface area contributed by atoms with Crippen molar-refractivity contribution in [2.45, 2.75) is 25.8 Å². The molecule has 2 N–H and O–H groups in total. The Morgan fingerprint density at radius 1 is 1.43 bits per heavy atom. The standard InChI is InChI=1S/C16H18N2O3/c1-9-6-10(21-2)7-11-12(16(19)20)8-14(18-15(9)11)13-4-3-5-17-13/h6-8,13,17H,3-5H2,1-2H3,(H,19,20). The molecule has 1 aromatic carbocycles. The van der Waals surface area contributed by atoms with Gasteiger partial charge < -0.3 is 15.2 Å². The molecule has 1 saturated heterocycles. The molecule has 0 radical (unpaired) electrons. The van der Waals surface area contributed by atoms with Crippen molar-refractivity contribution in [2.24, 2.45) is 0 Å². The van der Waals surface area contributed by atoms with Crippen LogP contribution in [0.2, 0.25) is 0 Å². The van der Waals surface area contributed by atoms with Crippen LogP contribution in [0.1, 0.15) is 40.5 Å². The minimum atomic E-state index is -0.936. The van der Waals surface area contributed by atoms with E-state index < -0.39 is 5.97 Å². The molecule has 0 aliphatic carbocycles. The lowest BCUT2D eigenvalue weighted by Gasteiger charge is -2.14. The average molecular weight is 286 g/mol. The molecule has 5 nitrogen and oxygen atoms in total. The van der Waals surface area contributed by atoms with Crippen molar-refractivity contribution < 1.29 is 14.6 Å². The van der Waals surface area contributed by atoms with E-state index >= 15 is 0 Å². The topological polar surface area (TPSA) is 71.5 Å². The van der Waals surface area contributed by atoms with Crippen LogP contribution >= 0.6 is 0 Å². The Bertz CT molecular complexity index is 706. The zero-order valence-corrected chi connectivity index (χ0v) is 12.1. The lowest BCUT2D eigenvalue weighted by Crippen LogP contribution is -2.15. The lowest BCUT2D eigenvalue weighted by molar-refractivity contribution is 0.0699. The molecule has 110 valence electrons. The average Bonchev–Trinajstić information content (AvgIpc) is 3.00. The van der Waals surface area contributed by atoms with E-state index in [9.17, 15) is 9.90 Å². The third kappa shape index (κ3) is 2.45. The van der Waals surface area contributed by atoms with Gasteiger partial charge in [-0.2, -0.15) is 0 Å². The van der Waals surface area contributed by atoms with E-state index in [1.807, 2.05) is 13.0 Å². The van der Waals surface area contributed by atoms with Crippen molar-refractivity contribution in [3.05, 3.63) is 35.0 Å². The van der Waals surface area contributed by atoms with Crippen LogP contribution in [0.15, 0.2) is 18.2 Å². The van der Waals surface area contributed by atoms with Crippen LogP contribution in [0.5, 0.6) is 5.75 Å². The van der Waals surface area contributed by atoms with E-state index in [-0.39, 0.29) is 11.6 Å². The van der Waals surface area contributed by atoms with Crippen LogP contribution in [0.25, 0.3) is 10.9 Å². The number of carboxylic acid groups (broad SMARTS) is 1. The molecule has 0 saturated carbocycles. The van der Waals surface area contributed by atoms with E-state index in [0.29, 0.717) is 11.1 Å². The molecule has 0 bridgehead atoms. The Hall–Kier alpha value is -2.14. The molecule has 1 aliphatic rings. The predicted octanol–water partition coefficient (Wildman–Crippen LogP) is 2.67. The smallest absolute Gasteiger partial charge is 0.336 e. The number of aromatic carboxylic acids is 1. The molecule has 1 aliphatic heterocycles. The lowest BCUT2D eigenvalue weighted by atomic mass is 10.0. The van der Waals surface area contributed by atoms with Crippen molar-refractivity contribution in [1.82, 2.24) is 10.3 Å². The number of rotatable bonds is 3. The van der Waals surface area contributed by atoms with Crippen molar-refractivity contribution >= 4 is 16.9 Å². The maximum Gasteiger partial charge on any atom is 0.336 e. The zero-order chi connectivity index (χ0) is 15.0. The van der Waals surface area contributed by atoms with Gasteiger partial charge in [0.05, 0.1) is 23.9 Å². The Labute approximate surface area is 123 Å². The Balaban J connectivity index is 2.25. The molecule has 1 fully saturated rings. The van der Waals surface area contributed by atoms with Crippen molar-refractivity contribution in [3.8, 4) is 5.75 Å². The summed E-state index contributed by atoms with van der Waals surface area (Å²) in [5.41, 5.74) is 2.75. The second-order valence-corrected chi connectivity index (χ2v) is 5.39. The minimum absolute atomic E-state index is 0.147. The third-order valence-corrected chi connectivity index (χ3v) is 3.98. The quantitative estimate of drug-likeness (QED) is 0.907. The summed E-state index contributed by atoms with van der Waals surface area (Å²) in [6, 6.07) is 5.46. The first-order valence-corrected chi connectivity index (χ1v) is 7.06. The maximum atomic E-state index is 11.6. The predicted molar refractivity (Wildman–Crippen MR) is 80.0 cm³/mol. The fraction of sp³-hybridized carbons (Fsp3) is 0.375.